The van der Waals surface area contributed by atoms with Crippen molar-refractivity contribution in [3.8, 4) is 0 Å². The highest BCUT2D eigenvalue weighted by Crippen LogP contribution is 2.42. The maximum Gasteiger partial charge on any atom is 0.194 e. The lowest BCUT2D eigenvalue weighted by molar-refractivity contribution is 0.109. The Morgan fingerprint density at radius 2 is 1.81 bits per heavy atom. The number of piperazine rings is 1. The molecule has 0 aromatic rings. The highest BCUT2D eigenvalue weighted by molar-refractivity contribution is 8.00. The third-order valence-electron chi connectivity index (χ3n) is 6.63. The van der Waals surface area contributed by atoms with Crippen molar-refractivity contribution in [2.24, 2.45) is 4.99 Å². The molecule has 0 aromatic carbocycles. The van der Waals surface area contributed by atoms with Gasteiger partial charge in [-0.25, -0.2) is 0 Å². The summed E-state index contributed by atoms with van der Waals surface area (Å²) in [5, 5.41) is 3.59. The first-order valence-corrected chi connectivity index (χ1v) is 12.3. The topological polar surface area (TPSA) is 34.1 Å². The molecule has 0 aromatic heterocycles. The van der Waals surface area contributed by atoms with E-state index in [2.05, 4.69) is 52.5 Å². The number of likely N-dealkylation sites (N-methyl/N-ethyl adjacent to an activating group) is 1. The van der Waals surface area contributed by atoms with Crippen LogP contribution in [-0.2, 0) is 0 Å². The van der Waals surface area contributed by atoms with Gasteiger partial charge < -0.3 is 15.1 Å². The SMILES string of the molecule is CCNC(=NCC(C)N1CCN(CC)CC1)N1CCSC2(CCCCC2)C1. The summed E-state index contributed by atoms with van der Waals surface area (Å²) in [7, 11) is 0. The third kappa shape index (κ3) is 5.77. The zero-order valence-corrected chi connectivity index (χ0v) is 18.7. The Kier molecular flexibility index (Phi) is 8.15. The monoisotopic (exact) mass is 395 g/mol. The van der Waals surface area contributed by atoms with E-state index in [9.17, 15) is 0 Å². The van der Waals surface area contributed by atoms with Gasteiger partial charge in [0, 0.05) is 62.4 Å². The second-order valence-electron chi connectivity index (χ2n) is 8.53. The number of nitrogens with zero attached hydrogens (tertiary/aromatic N) is 4. The minimum atomic E-state index is 0.495. The molecule has 2 aliphatic heterocycles. The molecule has 1 spiro atoms. The van der Waals surface area contributed by atoms with Crippen LogP contribution in [0.2, 0.25) is 0 Å². The number of rotatable bonds is 5. The fraction of sp³-hybridized carbons (Fsp3) is 0.952. The molecular formula is C21H41N5S. The maximum atomic E-state index is 5.10. The van der Waals surface area contributed by atoms with Crippen molar-refractivity contribution in [3.05, 3.63) is 0 Å². The van der Waals surface area contributed by atoms with Gasteiger partial charge in [0.1, 0.15) is 0 Å². The minimum absolute atomic E-state index is 0.495. The van der Waals surface area contributed by atoms with Crippen LogP contribution in [0, 0.1) is 0 Å². The number of thioether (sulfide) groups is 1. The Morgan fingerprint density at radius 1 is 1.07 bits per heavy atom. The second-order valence-corrected chi connectivity index (χ2v) is 10.1. The molecule has 0 radical (unpaired) electrons. The predicted octanol–water partition coefficient (Wildman–Crippen LogP) is 2.73. The first kappa shape index (κ1) is 21.3. The van der Waals surface area contributed by atoms with E-state index in [4.69, 9.17) is 4.99 Å². The maximum absolute atomic E-state index is 5.10. The molecule has 2 saturated heterocycles. The molecule has 3 aliphatic rings. The molecule has 1 atom stereocenters. The van der Waals surface area contributed by atoms with Gasteiger partial charge in [-0.05, 0) is 33.2 Å². The van der Waals surface area contributed by atoms with E-state index in [0.29, 0.717) is 10.8 Å². The van der Waals surface area contributed by atoms with Crippen molar-refractivity contribution in [2.75, 3.05) is 64.7 Å². The van der Waals surface area contributed by atoms with E-state index in [-0.39, 0.29) is 0 Å². The molecule has 156 valence electrons. The van der Waals surface area contributed by atoms with Crippen molar-refractivity contribution in [3.63, 3.8) is 0 Å². The van der Waals surface area contributed by atoms with Gasteiger partial charge in [0.25, 0.3) is 0 Å². The summed E-state index contributed by atoms with van der Waals surface area (Å²) in [6, 6.07) is 0.528. The van der Waals surface area contributed by atoms with Gasteiger partial charge in [0.2, 0.25) is 0 Å². The van der Waals surface area contributed by atoms with Gasteiger partial charge in [0.05, 0.1) is 6.54 Å². The zero-order chi connectivity index (χ0) is 19.1. The van der Waals surface area contributed by atoms with Crippen LogP contribution in [0.3, 0.4) is 0 Å². The molecule has 1 unspecified atom stereocenters. The van der Waals surface area contributed by atoms with Gasteiger partial charge in [0.15, 0.2) is 5.96 Å². The average molecular weight is 396 g/mol. The predicted molar refractivity (Wildman–Crippen MR) is 119 cm³/mol. The van der Waals surface area contributed by atoms with Crippen LogP contribution < -0.4 is 5.32 Å². The van der Waals surface area contributed by atoms with Crippen LogP contribution in [0.5, 0.6) is 0 Å². The second kappa shape index (κ2) is 10.4. The standard InChI is InChI=1S/C21H41N5S/c1-4-22-20(23-17-19(3)25-13-11-24(5-2)12-14-25)26-15-16-27-21(18-26)9-7-6-8-10-21/h19H,4-18H2,1-3H3,(H,22,23). The molecule has 1 saturated carbocycles. The lowest BCUT2D eigenvalue weighted by atomic mass is 9.87. The molecule has 3 rings (SSSR count). The fourth-order valence-electron chi connectivity index (χ4n) is 4.80. The Balaban J connectivity index is 1.57. The molecule has 0 bridgehead atoms. The largest absolute Gasteiger partial charge is 0.357 e. The summed E-state index contributed by atoms with van der Waals surface area (Å²) in [6.07, 6.45) is 7.04. The van der Waals surface area contributed by atoms with Crippen molar-refractivity contribution >= 4 is 17.7 Å². The number of hydrogen-bond acceptors (Lipinski definition) is 4. The van der Waals surface area contributed by atoms with E-state index in [1.54, 1.807) is 0 Å². The van der Waals surface area contributed by atoms with Crippen molar-refractivity contribution in [2.45, 2.75) is 63.7 Å². The normalized spacial score (nSPS) is 26.3. The van der Waals surface area contributed by atoms with E-state index in [1.165, 1.54) is 77.1 Å². The molecule has 27 heavy (non-hydrogen) atoms. The van der Waals surface area contributed by atoms with Crippen molar-refractivity contribution in [1.29, 1.82) is 0 Å². The van der Waals surface area contributed by atoms with Gasteiger partial charge in [-0.2, -0.15) is 11.8 Å². The van der Waals surface area contributed by atoms with Crippen LogP contribution in [0.15, 0.2) is 4.99 Å². The molecule has 0 amide bonds. The first-order valence-electron chi connectivity index (χ1n) is 11.3. The summed E-state index contributed by atoms with van der Waals surface area (Å²) in [5.74, 6) is 2.40. The Morgan fingerprint density at radius 3 is 2.48 bits per heavy atom. The molecular weight excluding hydrogens is 354 g/mol. The molecule has 1 aliphatic carbocycles. The van der Waals surface area contributed by atoms with E-state index in [0.717, 1.165) is 25.6 Å². The minimum Gasteiger partial charge on any atom is -0.357 e. The van der Waals surface area contributed by atoms with E-state index >= 15 is 0 Å². The summed E-state index contributed by atoms with van der Waals surface area (Å²) in [6.45, 7) is 17.0. The fourth-order valence-corrected chi connectivity index (χ4v) is 6.37. The highest BCUT2D eigenvalue weighted by Gasteiger charge is 2.38. The van der Waals surface area contributed by atoms with Crippen LogP contribution in [0.1, 0.15) is 52.9 Å². The Bertz CT molecular complexity index is 464. The zero-order valence-electron chi connectivity index (χ0n) is 17.9. The van der Waals surface area contributed by atoms with Crippen LogP contribution in [0.4, 0.5) is 0 Å². The van der Waals surface area contributed by atoms with Gasteiger partial charge >= 0.3 is 0 Å². The summed E-state index contributed by atoms with van der Waals surface area (Å²) in [5.41, 5.74) is 0. The molecule has 2 heterocycles. The number of nitrogens with one attached hydrogen (secondary N) is 1. The van der Waals surface area contributed by atoms with E-state index in [1.807, 2.05) is 0 Å². The van der Waals surface area contributed by atoms with Gasteiger partial charge in [-0.1, -0.05) is 26.2 Å². The Labute approximate surface area is 171 Å². The quantitative estimate of drug-likeness (QED) is 0.572. The number of aliphatic imine (C=N–C) groups is 1. The summed E-state index contributed by atoms with van der Waals surface area (Å²) in [4.78, 5) is 12.8. The van der Waals surface area contributed by atoms with Crippen LogP contribution in [0.25, 0.3) is 0 Å². The molecule has 3 fully saturated rings. The Hall–Kier alpha value is -0.460. The molecule has 5 nitrogen and oxygen atoms in total. The first-order chi connectivity index (χ1) is 13.2. The third-order valence-corrected chi connectivity index (χ3v) is 8.17. The summed E-state index contributed by atoms with van der Waals surface area (Å²) >= 11 is 2.24. The smallest absolute Gasteiger partial charge is 0.194 e. The lowest BCUT2D eigenvalue weighted by Crippen LogP contribution is -2.54. The highest BCUT2D eigenvalue weighted by atomic mass is 32.2. The van der Waals surface area contributed by atoms with Gasteiger partial charge in [-0.3, -0.25) is 9.89 Å². The van der Waals surface area contributed by atoms with Crippen molar-refractivity contribution in [1.82, 2.24) is 20.0 Å². The molecule has 6 heteroatoms. The lowest BCUT2D eigenvalue weighted by Gasteiger charge is -2.45. The molecule has 1 N–H and O–H groups in total. The summed E-state index contributed by atoms with van der Waals surface area (Å²) < 4.78 is 0.495. The van der Waals surface area contributed by atoms with Crippen LogP contribution >= 0.6 is 11.8 Å². The van der Waals surface area contributed by atoms with Crippen LogP contribution in [-0.4, -0.2) is 96.1 Å². The van der Waals surface area contributed by atoms with Crippen molar-refractivity contribution < 1.29 is 0 Å². The van der Waals surface area contributed by atoms with E-state index < -0.39 is 0 Å². The van der Waals surface area contributed by atoms with Gasteiger partial charge in [-0.15, -0.1) is 0 Å². The average Bonchev–Trinajstić information content (AvgIpc) is 2.71. The number of guanidine groups is 1. The number of hydrogen-bond donors (Lipinski definition) is 1.